The number of hydrogen-bond donors (Lipinski definition) is 1. The van der Waals surface area contributed by atoms with E-state index in [0.29, 0.717) is 18.9 Å². The maximum Gasteiger partial charge on any atom is 0.246 e. The Labute approximate surface area is 201 Å². The van der Waals surface area contributed by atoms with E-state index in [-0.39, 0.29) is 24.4 Å². The van der Waals surface area contributed by atoms with E-state index < -0.39 is 6.04 Å². The maximum atomic E-state index is 13.7. The lowest BCUT2D eigenvalue weighted by Gasteiger charge is -2.47. The first-order valence-corrected chi connectivity index (χ1v) is 12.3. The van der Waals surface area contributed by atoms with Crippen molar-refractivity contribution >= 4 is 22.7 Å². The molecule has 6 heteroatoms. The summed E-state index contributed by atoms with van der Waals surface area (Å²) in [6.45, 7) is 6.02. The molecule has 3 aromatic rings. The molecule has 1 fully saturated rings. The van der Waals surface area contributed by atoms with Crippen LogP contribution in [0.5, 0.6) is 0 Å². The van der Waals surface area contributed by atoms with Crippen molar-refractivity contribution in [3.05, 3.63) is 70.9 Å². The van der Waals surface area contributed by atoms with E-state index in [2.05, 4.69) is 60.1 Å². The van der Waals surface area contributed by atoms with Gasteiger partial charge in [0.05, 0.1) is 12.6 Å². The van der Waals surface area contributed by atoms with E-state index in [4.69, 9.17) is 0 Å². The number of carbonyl (C=O) groups excluding carboxylic acids is 2. The monoisotopic (exact) mass is 458 g/mol. The van der Waals surface area contributed by atoms with E-state index in [0.717, 1.165) is 40.7 Å². The highest BCUT2D eigenvalue weighted by molar-refractivity contribution is 5.97. The van der Waals surface area contributed by atoms with Crippen molar-refractivity contribution < 1.29 is 9.59 Å². The Bertz CT molecular complexity index is 1210. The number of aromatic amines is 1. The summed E-state index contributed by atoms with van der Waals surface area (Å²) >= 11 is 0. The van der Waals surface area contributed by atoms with Crippen LogP contribution in [0.2, 0.25) is 0 Å². The van der Waals surface area contributed by atoms with E-state index in [1.807, 2.05) is 31.1 Å². The molecule has 178 valence electrons. The van der Waals surface area contributed by atoms with Crippen molar-refractivity contribution in [2.75, 3.05) is 33.7 Å². The van der Waals surface area contributed by atoms with E-state index in [1.54, 1.807) is 4.90 Å². The summed E-state index contributed by atoms with van der Waals surface area (Å²) in [4.78, 5) is 36.6. The summed E-state index contributed by atoms with van der Waals surface area (Å²) in [6.07, 6.45) is 1.41. The maximum absolute atomic E-state index is 13.7. The molecule has 0 unspecified atom stereocenters. The fourth-order valence-electron chi connectivity index (χ4n) is 5.50. The molecular formula is C28H34N4O2. The topological polar surface area (TPSA) is 59.7 Å². The number of benzene rings is 2. The molecule has 34 heavy (non-hydrogen) atoms. The second-order valence-corrected chi connectivity index (χ2v) is 10.2. The highest BCUT2D eigenvalue weighted by Gasteiger charge is 2.48. The quantitative estimate of drug-likeness (QED) is 0.609. The number of fused-ring (bicyclic) bond motifs is 4. The fraction of sp³-hybridized carbons (Fsp3) is 0.429. The Kier molecular flexibility index (Phi) is 5.94. The van der Waals surface area contributed by atoms with Gasteiger partial charge in [-0.2, -0.15) is 0 Å². The van der Waals surface area contributed by atoms with E-state index >= 15 is 0 Å². The largest absolute Gasteiger partial charge is 0.356 e. The standard InChI is InChI=1S/C28H34N4O2/c1-18(2)19-10-12-20(13-11-19)27-26-22(21-8-5-6-9-23(21)29-26)16-24-28(34)31(15-7-14-30(3)4)17-25(33)32(24)27/h5-6,8-13,18,24,27,29H,7,14-17H2,1-4H3/t24-,27+/m1/s1. The molecule has 2 aliphatic rings. The zero-order chi connectivity index (χ0) is 24.0. The van der Waals surface area contributed by atoms with Crippen LogP contribution in [0.3, 0.4) is 0 Å². The average molecular weight is 459 g/mol. The first-order chi connectivity index (χ1) is 16.3. The summed E-state index contributed by atoms with van der Waals surface area (Å²) < 4.78 is 0. The second kappa shape index (κ2) is 8.91. The molecule has 0 bridgehead atoms. The van der Waals surface area contributed by atoms with Crippen LogP contribution in [-0.4, -0.2) is 71.3 Å². The Morgan fingerprint density at radius 3 is 2.50 bits per heavy atom. The Balaban J connectivity index is 1.57. The normalized spacial score (nSPS) is 20.4. The highest BCUT2D eigenvalue weighted by atomic mass is 16.2. The van der Waals surface area contributed by atoms with Gasteiger partial charge in [-0.3, -0.25) is 9.59 Å². The highest BCUT2D eigenvalue weighted by Crippen LogP contribution is 2.42. The van der Waals surface area contributed by atoms with Crippen molar-refractivity contribution in [2.24, 2.45) is 0 Å². The van der Waals surface area contributed by atoms with Gasteiger partial charge >= 0.3 is 0 Å². The number of H-pyrrole nitrogens is 1. The van der Waals surface area contributed by atoms with Gasteiger partial charge in [-0.25, -0.2) is 0 Å². The summed E-state index contributed by atoms with van der Waals surface area (Å²) in [5.41, 5.74) is 5.56. The van der Waals surface area contributed by atoms with E-state index in [9.17, 15) is 9.59 Å². The zero-order valence-electron chi connectivity index (χ0n) is 20.5. The molecule has 2 amide bonds. The number of nitrogens with zero attached hydrogens (tertiary/aromatic N) is 3. The lowest BCUT2D eigenvalue weighted by atomic mass is 9.85. The number of carbonyl (C=O) groups is 2. The molecule has 1 aromatic heterocycles. The molecule has 2 atom stereocenters. The van der Waals surface area contributed by atoms with E-state index in [1.165, 1.54) is 5.56 Å². The SMILES string of the molecule is CC(C)c1ccc([C@H]2c3[nH]c4ccccc4c3C[C@@H]3C(=O)N(CCCN(C)C)CC(=O)N23)cc1. The van der Waals surface area contributed by atoms with Crippen LogP contribution in [0.25, 0.3) is 10.9 Å². The molecule has 2 aromatic carbocycles. The van der Waals surface area contributed by atoms with Gasteiger partial charge in [0.2, 0.25) is 11.8 Å². The molecule has 6 nitrogen and oxygen atoms in total. The van der Waals surface area contributed by atoms with Gasteiger partial charge in [0.15, 0.2) is 0 Å². The van der Waals surface area contributed by atoms with Gasteiger partial charge < -0.3 is 19.7 Å². The minimum absolute atomic E-state index is 0.0247. The number of aromatic nitrogens is 1. The third-order valence-corrected chi connectivity index (χ3v) is 7.29. The first kappa shape index (κ1) is 22.7. The molecule has 0 aliphatic carbocycles. The van der Waals surface area contributed by atoms with Crippen molar-refractivity contribution in [1.82, 2.24) is 19.7 Å². The van der Waals surface area contributed by atoms with Crippen LogP contribution in [0.4, 0.5) is 0 Å². The third-order valence-electron chi connectivity index (χ3n) is 7.29. The van der Waals surface area contributed by atoms with Gasteiger partial charge in [-0.1, -0.05) is 56.3 Å². The molecule has 1 saturated heterocycles. The van der Waals surface area contributed by atoms with Gasteiger partial charge in [-0.05, 0) is 55.7 Å². The van der Waals surface area contributed by atoms with Crippen molar-refractivity contribution in [1.29, 1.82) is 0 Å². The van der Waals surface area contributed by atoms with Gasteiger partial charge in [0.25, 0.3) is 0 Å². The van der Waals surface area contributed by atoms with Gasteiger partial charge in [0, 0.05) is 29.6 Å². The van der Waals surface area contributed by atoms with Crippen LogP contribution in [0.1, 0.15) is 54.6 Å². The van der Waals surface area contributed by atoms with Crippen LogP contribution in [0, 0.1) is 0 Å². The summed E-state index contributed by atoms with van der Waals surface area (Å²) in [6, 6.07) is 16.0. The Morgan fingerprint density at radius 1 is 1.06 bits per heavy atom. The van der Waals surface area contributed by atoms with Crippen LogP contribution < -0.4 is 0 Å². The average Bonchev–Trinajstić information content (AvgIpc) is 3.19. The zero-order valence-corrected chi connectivity index (χ0v) is 20.5. The molecule has 0 radical (unpaired) electrons. The Morgan fingerprint density at radius 2 is 1.79 bits per heavy atom. The molecule has 5 rings (SSSR count). The number of amides is 2. The first-order valence-electron chi connectivity index (χ1n) is 12.3. The molecule has 0 spiro atoms. The molecule has 2 aliphatic heterocycles. The third kappa shape index (κ3) is 3.90. The van der Waals surface area contributed by atoms with Crippen molar-refractivity contribution in [3.63, 3.8) is 0 Å². The number of piperazine rings is 1. The number of hydrogen-bond acceptors (Lipinski definition) is 3. The van der Waals surface area contributed by atoms with Gasteiger partial charge in [0.1, 0.15) is 6.04 Å². The van der Waals surface area contributed by atoms with Crippen molar-refractivity contribution in [2.45, 2.75) is 44.7 Å². The predicted octanol–water partition coefficient (Wildman–Crippen LogP) is 3.93. The number of para-hydroxylation sites is 1. The molecule has 3 heterocycles. The smallest absolute Gasteiger partial charge is 0.246 e. The van der Waals surface area contributed by atoms with Crippen LogP contribution >= 0.6 is 0 Å². The second-order valence-electron chi connectivity index (χ2n) is 10.2. The molecular weight excluding hydrogens is 424 g/mol. The minimum atomic E-state index is -0.470. The summed E-state index contributed by atoms with van der Waals surface area (Å²) in [7, 11) is 4.06. The predicted molar refractivity (Wildman–Crippen MR) is 135 cm³/mol. The number of nitrogens with one attached hydrogen (secondary N) is 1. The summed E-state index contributed by atoms with van der Waals surface area (Å²) in [5, 5.41) is 1.14. The van der Waals surface area contributed by atoms with Crippen LogP contribution in [-0.2, 0) is 16.0 Å². The van der Waals surface area contributed by atoms with Crippen LogP contribution in [0.15, 0.2) is 48.5 Å². The van der Waals surface area contributed by atoms with Crippen molar-refractivity contribution in [3.8, 4) is 0 Å². The Hall–Kier alpha value is -3.12. The number of rotatable bonds is 6. The lowest BCUT2D eigenvalue weighted by Crippen LogP contribution is -2.63. The molecule has 1 N–H and O–H groups in total. The fourth-order valence-corrected chi connectivity index (χ4v) is 5.50. The summed E-state index contributed by atoms with van der Waals surface area (Å²) in [5.74, 6) is 0.528. The van der Waals surface area contributed by atoms with Gasteiger partial charge in [-0.15, -0.1) is 0 Å². The minimum Gasteiger partial charge on any atom is -0.356 e. The molecule has 0 saturated carbocycles. The lowest BCUT2D eigenvalue weighted by molar-refractivity contribution is -0.158.